The van der Waals surface area contributed by atoms with Gasteiger partial charge in [-0.05, 0) is 32.9 Å². The molecule has 110 valence electrons. The lowest BCUT2D eigenvalue weighted by Gasteiger charge is -2.21. The maximum atomic E-state index is 13.7. The van der Waals surface area contributed by atoms with Crippen molar-refractivity contribution in [2.45, 2.75) is 26.3 Å². The molecule has 0 saturated heterocycles. The standard InChI is InChI=1S/C12H15BrClFN4O/c1-12(2,3)19-11(20)18-10(16)17-9-7(14)4-6(13)5-8(9)15/h4-5H,1-3H3,(H4,16,17,18,19,20). The number of hydrogen-bond donors (Lipinski definition) is 4. The van der Waals surface area contributed by atoms with Crippen LogP contribution in [0.1, 0.15) is 20.8 Å². The predicted octanol–water partition coefficient (Wildman–Crippen LogP) is 3.69. The zero-order valence-electron chi connectivity index (χ0n) is 11.2. The Labute approximate surface area is 129 Å². The molecule has 0 saturated carbocycles. The minimum atomic E-state index is -0.632. The van der Waals surface area contributed by atoms with E-state index in [1.54, 1.807) is 20.8 Å². The molecule has 20 heavy (non-hydrogen) atoms. The van der Waals surface area contributed by atoms with Gasteiger partial charge in [0, 0.05) is 10.0 Å². The van der Waals surface area contributed by atoms with Crippen molar-refractivity contribution in [1.82, 2.24) is 10.6 Å². The summed E-state index contributed by atoms with van der Waals surface area (Å²) in [5.74, 6) is -1.01. The van der Waals surface area contributed by atoms with Gasteiger partial charge in [0.1, 0.15) is 5.82 Å². The second-order valence-electron chi connectivity index (χ2n) is 5.07. The number of amides is 2. The first-order valence-corrected chi connectivity index (χ1v) is 6.85. The number of nitrogens with one attached hydrogen (secondary N) is 4. The first-order chi connectivity index (χ1) is 9.08. The van der Waals surface area contributed by atoms with Crippen LogP contribution in [0.25, 0.3) is 0 Å². The molecule has 0 aromatic heterocycles. The van der Waals surface area contributed by atoms with E-state index in [4.69, 9.17) is 17.0 Å². The molecule has 0 bridgehead atoms. The van der Waals surface area contributed by atoms with Crippen LogP contribution in [0.2, 0.25) is 5.02 Å². The molecular weight excluding hydrogens is 351 g/mol. The summed E-state index contributed by atoms with van der Waals surface area (Å²) in [6, 6.07) is 2.12. The molecule has 8 heteroatoms. The summed E-state index contributed by atoms with van der Waals surface area (Å²) in [5, 5.41) is 14.9. The summed E-state index contributed by atoms with van der Waals surface area (Å²) < 4.78 is 14.2. The van der Waals surface area contributed by atoms with Crippen molar-refractivity contribution in [2.24, 2.45) is 0 Å². The Kier molecular flexibility index (Phi) is 5.35. The SMILES string of the molecule is CC(C)(C)NC(=O)NC(=N)Nc1c(F)cc(Br)cc1Cl. The van der Waals surface area contributed by atoms with Gasteiger partial charge in [-0.25, -0.2) is 9.18 Å². The van der Waals surface area contributed by atoms with Gasteiger partial charge in [-0.2, -0.15) is 0 Å². The summed E-state index contributed by atoms with van der Waals surface area (Å²) in [6.45, 7) is 5.40. The van der Waals surface area contributed by atoms with Crippen molar-refractivity contribution < 1.29 is 9.18 Å². The summed E-state index contributed by atoms with van der Waals surface area (Å²) >= 11 is 8.97. The maximum absolute atomic E-state index is 13.7. The van der Waals surface area contributed by atoms with Crippen LogP contribution in [0, 0.1) is 11.2 Å². The maximum Gasteiger partial charge on any atom is 0.321 e. The number of rotatable bonds is 1. The van der Waals surface area contributed by atoms with Crippen LogP contribution in [0.5, 0.6) is 0 Å². The zero-order chi connectivity index (χ0) is 15.5. The fraction of sp³-hybridized carbons (Fsp3) is 0.333. The lowest BCUT2D eigenvalue weighted by molar-refractivity contribution is 0.236. The summed E-state index contributed by atoms with van der Waals surface area (Å²) in [5.41, 5.74) is -0.513. The van der Waals surface area contributed by atoms with Crippen molar-refractivity contribution >= 4 is 45.2 Å². The van der Waals surface area contributed by atoms with Gasteiger partial charge in [-0.1, -0.05) is 27.5 Å². The Morgan fingerprint density at radius 2 is 2.00 bits per heavy atom. The van der Waals surface area contributed by atoms with Crippen molar-refractivity contribution in [2.75, 3.05) is 5.32 Å². The molecule has 1 aromatic carbocycles. The first-order valence-electron chi connectivity index (χ1n) is 5.68. The van der Waals surface area contributed by atoms with Crippen molar-refractivity contribution in [3.05, 3.63) is 27.4 Å². The number of carbonyl (C=O) groups excluding carboxylic acids is 1. The first kappa shape index (κ1) is 16.7. The van der Waals surface area contributed by atoms with Gasteiger partial charge in [0.05, 0.1) is 10.7 Å². The molecule has 4 N–H and O–H groups in total. The Morgan fingerprint density at radius 1 is 1.40 bits per heavy atom. The topological polar surface area (TPSA) is 77.0 Å². The highest BCUT2D eigenvalue weighted by atomic mass is 79.9. The molecule has 0 heterocycles. The van der Waals surface area contributed by atoms with Crippen molar-refractivity contribution in [3.8, 4) is 0 Å². The van der Waals surface area contributed by atoms with E-state index in [1.807, 2.05) is 0 Å². The quantitative estimate of drug-likeness (QED) is 0.452. The Balaban J connectivity index is 2.70. The third kappa shape index (κ3) is 5.34. The minimum absolute atomic E-state index is 0.0732. The van der Waals surface area contributed by atoms with Crippen LogP contribution in [0.15, 0.2) is 16.6 Å². The molecule has 2 amide bonds. The molecule has 1 rings (SSSR count). The van der Waals surface area contributed by atoms with E-state index in [9.17, 15) is 9.18 Å². The molecule has 0 aliphatic carbocycles. The van der Waals surface area contributed by atoms with Gasteiger partial charge < -0.3 is 10.6 Å². The third-order valence-electron chi connectivity index (χ3n) is 1.98. The van der Waals surface area contributed by atoms with Gasteiger partial charge in [-0.3, -0.25) is 10.7 Å². The second kappa shape index (κ2) is 6.41. The lowest BCUT2D eigenvalue weighted by atomic mass is 10.1. The molecule has 0 unspecified atom stereocenters. The highest BCUT2D eigenvalue weighted by molar-refractivity contribution is 9.10. The average molecular weight is 366 g/mol. The normalized spacial score (nSPS) is 10.9. The molecule has 0 radical (unpaired) electrons. The van der Waals surface area contributed by atoms with E-state index < -0.39 is 17.4 Å². The van der Waals surface area contributed by atoms with Crippen LogP contribution in [0.3, 0.4) is 0 Å². The summed E-state index contributed by atoms with van der Waals surface area (Å²) in [7, 11) is 0. The van der Waals surface area contributed by atoms with Crippen LogP contribution in [-0.2, 0) is 0 Å². The molecule has 0 aliphatic heterocycles. The van der Waals surface area contributed by atoms with Crippen LogP contribution in [0.4, 0.5) is 14.9 Å². The highest BCUT2D eigenvalue weighted by Crippen LogP contribution is 2.28. The van der Waals surface area contributed by atoms with E-state index in [-0.39, 0.29) is 16.7 Å². The molecule has 0 atom stereocenters. The molecule has 0 aliphatic rings. The molecule has 0 spiro atoms. The van der Waals surface area contributed by atoms with E-state index >= 15 is 0 Å². The number of carbonyl (C=O) groups is 1. The minimum Gasteiger partial charge on any atom is -0.333 e. The van der Waals surface area contributed by atoms with E-state index in [0.29, 0.717) is 4.47 Å². The average Bonchev–Trinajstić information content (AvgIpc) is 2.20. The molecular formula is C12H15BrClFN4O. The Morgan fingerprint density at radius 3 is 2.50 bits per heavy atom. The number of halogens is 3. The van der Waals surface area contributed by atoms with Gasteiger partial charge >= 0.3 is 6.03 Å². The van der Waals surface area contributed by atoms with Crippen LogP contribution in [-0.4, -0.2) is 17.5 Å². The fourth-order valence-electron chi connectivity index (χ4n) is 1.30. The van der Waals surface area contributed by atoms with Gasteiger partial charge in [0.25, 0.3) is 0 Å². The second-order valence-corrected chi connectivity index (χ2v) is 6.40. The predicted molar refractivity (Wildman–Crippen MR) is 81.9 cm³/mol. The Hall–Kier alpha value is -1.34. The van der Waals surface area contributed by atoms with E-state index in [1.165, 1.54) is 12.1 Å². The van der Waals surface area contributed by atoms with Crippen molar-refractivity contribution in [1.29, 1.82) is 5.41 Å². The van der Waals surface area contributed by atoms with Crippen LogP contribution < -0.4 is 16.0 Å². The molecule has 0 fully saturated rings. The lowest BCUT2D eigenvalue weighted by Crippen LogP contribution is -2.49. The highest BCUT2D eigenvalue weighted by Gasteiger charge is 2.16. The monoisotopic (exact) mass is 364 g/mol. The van der Waals surface area contributed by atoms with E-state index in [0.717, 1.165) is 0 Å². The number of hydrogen-bond acceptors (Lipinski definition) is 2. The van der Waals surface area contributed by atoms with Crippen LogP contribution >= 0.6 is 27.5 Å². The fourth-order valence-corrected chi connectivity index (χ4v) is 2.12. The van der Waals surface area contributed by atoms with Gasteiger partial charge in [-0.15, -0.1) is 0 Å². The number of guanidine groups is 1. The zero-order valence-corrected chi connectivity index (χ0v) is 13.5. The number of anilines is 1. The Bertz CT molecular complexity index is 522. The third-order valence-corrected chi connectivity index (χ3v) is 2.74. The number of urea groups is 1. The molecule has 1 aromatic rings. The summed E-state index contributed by atoms with van der Waals surface area (Å²) in [6.07, 6.45) is 0. The smallest absolute Gasteiger partial charge is 0.321 e. The van der Waals surface area contributed by atoms with Gasteiger partial charge in [0.2, 0.25) is 5.96 Å². The van der Waals surface area contributed by atoms with Gasteiger partial charge in [0.15, 0.2) is 0 Å². The van der Waals surface area contributed by atoms with E-state index in [2.05, 4.69) is 31.9 Å². The van der Waals surface area contributed by atoms with Crippen molar-refractivity contribution in [3.63, 3.8) is 0 Å². The number of benzene rings is 1. The largest absolute Gasteiger partial charge is 0.333 e. The molecule has 5 nitrogen and oxygen atoms in total. The summed E-state index contributed by atoms with van der Waals surface area (Å²) in [4.78, 5) is 11.5.